The summed E-state index contributed by atoms with van der Waals surface area (Å²) in [5.41, 5.74) is 1.31. The van der Waals surface area contributed by atoms with E-state index < -0.39 is 10.0 Å². The van der Waals surface area contributed by atoms with Gasteiger partial charge in [0, 0.05) is 24.7 Å². The first-order valence-corrected chi connectivity index (χ1v) is 9.80. The second-order valence-electron chi connectivity index (χ2n) is 6.04. The normalized spacial score (nSPS) is 15.1. The molecule has 0 aliphatic carbocycles. The molecule has 27 heavy (non-hydrogen) atoms. The van der Waals surface area contributed by atoms with Crippen LogP contribution in [0.4, 0.5) is 4.39 Å². The molecule has 0 amide bonds. The van der Waals surface area contributed by atoms with Crippen LogP contribution >= 0.6 is 0 Å². The molecule has 0 bridgehead atoms. The standard InChI is InChI=1S/C18H16FN5O2S/c19-15-6-4-14(5-7-15)8-12-27(25,26)23-10-11-24-17(13-23)21-22-18(24)16-3-1-2-9-20-16/h1-9,12H,10-11,13H2/b12-8+. The molecule has 0 saturated heterocycles. The Kier molecular flexibility index (Phi) is 4.54. The summed E-state index contributed by atoms with van der Waals surface area (Å²) in [4.78, 5) is 4.27. The number of rotatable bonds is 4. The maximum atomic E-state index is 12.9. The summed E-state index contributed by atoms with van der Waals surface area (Å²) in [5, 5.41) is 9.42. The van der Waals surface area contributed by atoms with Gasteiger partial charge in [-0.25, -0.2) is 12.8 Å². The lowest BCUT2D eigenvalue weighted by molar-refractivity contribution is 0.340. The zero-order valence-electron chi connectivity index (χ0n) is 14.2. The van der Waals surface area contributed by atoms with Crippen molar-refractivity contribution in [3.05, 3.63) is 71.3 Å². The first-order valence-electron chi connectivity index (χ1n) is 8.30. The summed E-state index contributed by atoms with van der Waals surface area (Å²) in [6, 6.07) is 11.1. The molecule has 1 aliphatic heterocycles. The summed E-state index contributed by atoms with van der Waals surface area (Å²) < 4.78 is 41.4. The first-order chi connectivity index (χ1) is 13.0. The van der Waals surface area contributed by atoms with Crippen molar-refractivity contribution < 1.29 is 12.8 Å². The number of benzene rings is 1. The fourth-order valence-electron chi connectivity index (χ4n) is 2.86. The fraction of sp³-hybridized carbons (Fsp3) is 0.167. The topological polar surface area (TPSA) is 81.0 Å². The van der Waals surface area contributed by atoms with Gasteiger partial charge in [0.25, 0.3) is 0 Å². The van der Waals surface area contributed by atoms with Crippen LogP contribution in [-0.2, 0) is 23.1 Å². The molecule has 1 aliphatic rings. The number of sulfonamides is 1. The van der Waals surface area contributed by atoms with Gasteiger partial charge in [-0.15, -0.1) is 10.2 Å². The van der Waals surface area contributed by atoms with E-state index in [2.05, 4.69) is 15.2 Å². The average Bonchev–Trinajstić information content (AvgIpc) is 3.11. The second kappa shape index (κ2) is 7.01. The van der Waals surface area contributed by atoms with Gasteiger partial charge >= 0.3 is 0 Å². The molecule has 1 aromatic carbocycles. The number of hydrogen-bond donors (Lipinski definition) is 0. The van der Waals surface area contributed by atoms with Gasteiger partial charge in [-0.05, 0) is 35.9 Å². The minimum atomic E-state index is -3.63. The molecule has 3 heterocycles. The number of hydrogen-bond acceptors (Lipinski definition) is 5. The van der Waals surface area contributed by atoms with Gasteiger partial charge in [-0.3, -0.25) is 4.98 Å². The monoisotopic (exact) mass is 385 g/mol. The Bertz CT molecular complexity index is 1080. The Labute approximate surface area is 155 Å². The highest BCUT2D eigenvalue weighted by atomic mass is 32.2. The van der Waals surface area contributed by atoms with E-state index in [4.69, 9.17) is 0 Å². The van der Waals surface area contributed by atoms with Crippen LogP contribution in [0.15, 0.2) is 54.1 Å². The molecule has 0 radical (unpaired) electrons. The van der Waals surface area contributed by atoms with Gasteiger partial charge in [-0.1, -0.05) is 18.2 Å². The molecule has 4 rings (SSSR count). The van der Waals surface area contributed by atoms with Crippen molar-refractivity contribution in [3.63, 3.8) is 0 Å². The van der Waals surface area contributed by atoms with Gasteiger partial charge in [0.05, 0.1) is 6.54 Å². The van der Waals surface area contributed by atoms with Gasteiger partial charge in [-0.2, -0.15) is 4.31 Å². The average molecular weight is 385 g/mol. The molecule has 0 N–H and O–H groups in total. The largest absolute Gasteiger partial charge is 0.307 e. The Morgan fingerprint density at radius 2 is 1.85 bits per heavy atom. The van der Waals surface area contributed by atoms with Crippen LogP contribution < -0.4 is 0 Å². The summed E-state index contributed by atoms with van der Waals surface area (Å²) in [6.45, 7) is 0.884. The Morgan fingerprint density at radius 1 is 1.04 bits per heavy atom. The van der Waals surface area contributed by atoms with Crippen molar-refractivity contribution in [2.24, 2.45) is 0 Å². The van der Waals surface area contributed by atoms with E-state index in [1.54, 1.807) is 6.20 Å². The summed E-state index contributed by atoms with van der Waals surface area (Å²) in [6.07, 6.45) is 3.13. The first kappa shape index (κ1) is 17.5. The summed E-state index contributed by atoms with van der Waals surface area (Å²) in [5.74, 6) is 0.833. The van der Waals surface area contributed by atoms with E-state index in [1.807, 2.05) is 22.8 Å². The van der Waals surface area contributed by atoms with E-state index in [-0.39, 0.29) is 12.4 Å². The van der Waals surface area contributed by atoms with Crippen molar-refractivity contribution in [2.75, 3.05) is 6.54 Å². The Hall–Kier alpha value is -2.91. The van der Waals surface area contributed by atoms with Crippen molar-refractivity contribution in [1.29, 1.82) is 0 Å². The zero-order valence-corrected chi connectivity index (χ0v) is 15.1. The summed E-state index contributed by atoms with van der Waals surface area (Å²) in [7, 11) is -3.63. The third-order valence-corrected chi connectivity index (χ3v) is 5.79. The third-order valence-electron chi connectivity index (χ3n) is 4.27. The van der Waals surface area contributed by atoms with Crippen LogP contribution in [0, 0.1) is 5.82 Å². The highest BCUT2D eigenvalue weighted by Gasteiger charge is 2.28. The van der Waals surface area contributed by atoms with Crippen molar-refractivity contribution in [1.82, 2.24) is 24.1 Å². The lowest BCUT2D eigenvalue weighted by atomic mass is 10.2. The molecule has 0 fully saturated rings. The molecule has 0 spiro atoms. The number of pyridine rings is 1. The van der Waals surface area contributed by atoms with Gasteiger partial charge in [0.1, 0.15) is 17.3 Å². The Balaban J connectivity index is 1.54. The molecule has 0 atom stereocenters. The van der Waals surface area contributed by atoms with E-state index in [9.17, 15) is 12.8 Å². The third kappa shape index (κ3) is 3.64. The molecular formula is C18H16FN5O2S. The minimum absolute atomic E-state index is 0.135. The minimum Gasteiger partial charge on any atom is -0.307 e. The van der Waals surface area contributed by atoms with Crippen LogP contribution in [0.2, 0.25) is 0 Å². The van der Waals surface area contributed by atoms with E-state index in [0.29, 0.717) is 36.0 Å². The predicted molar refractivity (Wildman–Crippen MR) is 98.0 cm³/mol. The number of fused-ring (bicyclic) bond motifs is 1. The maximum absolute atomic E-state index is 12.9. The number of halogens is 1. The zero-order chi connectivity index (χ0) is 18.9. The van der Waals surface area contributed by atoms with E-state index in [0.717, 1.165) is 5.41 Å². The quantitative estimate of drug-likeness (QED) is 0.688. The van der Waals surface area contributed by atoms with Gasteiger partial charge in [0.15, 0.2) is 5.82 Å². The van der Waals surface area contributed by atoms with Crippen LogP contribution in [-0.4, -0.2) is 39.0 Å². The van der Waals surface area contributed by atoms with E-state index in [1.165, 1.54) is 34.6 Å². The fourth-order valence-corrected chi connectivity index (χ4v) is 3.99. The van der Waals surface area contributed by atoms with Crippen molar-refractivity contribution in [3.8, 4) is 11.5 Å². The SMILES string of the molecule is O=S(=O)(/C=C/c1ccc(F)cc1)N1CCn2c(nnc2-c2ccccn2)C1. The van der Waals surface area contributed by atoms with Crippen molar-refractivity contribution in [2.45, 2.75) is 13.1 Å². The van der Waals surface area contributed by atoms with Crippen LogP contribution in [0.25, 0.3) is 17.6 Å². The lowest BCUT2D eigenvalue weighted by Gasteiger charge is -2.25. The smallest absolute Gasteiger partial charge is 0.236 e. The molecule has 9 heteroatoms. The summed E-state index contributed by atoms with van der Waals surface area (Å²) >= 11 is 0. The second-order valence-corrected chi connectivity index (χ2v) is 7.86. The van der Waals surface area contributed by atoms with Gasteiger partial charge < -0.3 is 4.57 Å². The van der Waals surface area contributed by atoms with Crippen LogP contribution in [0.1, 0.15) is 11.4 Å². The molecule has 7 nitrogen and oxygen atoms in total. The lowest BCUT2D eigenvalue weighted by Crippen LogP contribution is -2.37. The van der Waals surface area contributed by atoms with Crippen molar-refractivity contribution >= 4 is 16.1 Å². The predicted octanol–water partition coefficient (Wildman–Crippen LogP) is 2.30. The number of nitrogens with zero attached hydrogens (tertiary/aromatic N) is 5. The van der Waals surface area contributed by atoms with Crippen LogP contribution in [0.3, 0.4) is 0 Å². The molecule has 2 aromatic heterocycles. The highest BCUT2D eigenvalue weighted by Crippen LogP contribution is 2.22. The van der Waals surface area contributed by atoms with Gasteiger partial charge in [0.2, 0.25) is 10.0 Å². The number of aromatic nitrogens is 4. The molecule has 0 saturated carbocycles. The molecule has 3 aromatic rings. The Morgan fingerprint density at radius 3 is 2.59 bits per heavy atom. The highest BCUT2D eigenvalue weighted by molar-refractivity contribution is 7.92. The van der Waals surface area contributed by atoms with Crippen LogP contribution in [0.5, 0.6) is 0 Å². The maximum Gasteiger partial charge on any atom is 0.236 e. The molecule has 0 unspecified atom stereocenters. The van der Waals surface area contributed by atoms with E-state index >= 15 is 0 Å². The molecule has 138 valence electrons. The molecular weight excluding hydrogens is 369 g/mol.